The van der Waals surface area contributed by atoms with Crippen LogP contribution in [0.15, 0.2) is 0 Å². The first-order chi connectivity index (χ1) is 8.51. The minimum atomic E-state index is -0.805. The third-order valence-electron chi connectivity index (χ3n) is 4.01. The molecule has 0 spiro atoms. The molecule has 6 nitrogen and oxygen atoms in total. The van der Waals surface area contributed by atoms with Crippen LogP contribution in [0.1, 0.15) is 32.1 Å². The molecule has 2 amide bonds. The molecule has 102 valence electrons. The van der Waals surface area contributed by atoms with E-state index in [1.54, 1.807) is 4.90 Å². The molecule has 0 bridgehead atoms. The number of aliphatic carboxylic acids is 1. The molecule has 2 aliphatic rings. The summed E-state index contributed by atoms with van der Waals surface area (Å²) < 4.78 is 0. The summed E-state index contributed by atoms with van der Waals surface area (Å²) in [4.78, 5) is 24.2. The van der Waals surface area contributed by atoms with Crippen molar-refractivity contribution in [2.24, 2.45) is 5.41 Å². The van der Waals surface area contributed by atoms with Crippen molar-refractivity contribution < 1.29 is 19.8 Å². The Labute approximate surface area is 106 Å². The Morgan fingerprint density at radius 1 is 1.39 bits per heavy atom. The monoisotopic (exact) mass is 256 g/mol. The topological polar surface area (TPSA) is 89.9 Å². The second-order valence-corrected chi connectivity index (χ2v) is 5.47. The summed E-state index contributed by atoms with van der Waals surface area (Å²) in [6.45, 7) is 1.36. The van der Waals surface area contributed by atoms with Gasteiger partial charge in [-0.25, -0.2) is 4.79 Å². The number of amides is 2. The van der Waals surface area contributed by atoms with Gasteiger partial charge in [0.25, 0.3) is 0 Å². The van der Waals surface area contributed by atoms with Gasteiger partial charge >= 0.3 is 12.0 Å². The summed E-state index contributed by atoms with van der Waals surface area (Å²) in [5.74, 6) is -0.805. The average Bonchev–Trinajstić information content (AvgIpc) is 2.68. The van der Waals surface area contributed by atoms with Gasteiger partial charge in [0, 0.05) is 19.6 Å². The molecule has 1 heterocycles. The first-order valence-corrected chi connectivity index (χ1v) is 6.43. The van der Waals surface area contributed by atoms with Crippen molar-refractivity contribution in [2.75, 3.05) is 19.6 Å². The number of hydrogen-bond donors (Lipinski definition) is 3. The third-order valence-corrected chi connectivity index (χ3v) is 4.01. The maximum atomic E-state index is 11.8. The second kappa shape index (κ2) is 5.14. The number of aliphatic hydroxyl groups is 1. The zero-order valence-electron chi connectivity index (χ0n) is 10.4. The molecule has 0 radical (unpaired) electrons. The van der Waals surface area contributed by atoms with Gasteiger partial charge in [0.2, 0.25) is 0 Å². The highest BCUT2D eigenvalue weighted by Crippen LogP contribution is 2.43. The lowest BCUT2D eigenvalue weighted by Crippen LogP contribution is -2.47. The second-order valence-electron chi connectivity index (χ2n) is 5.47. The maximum Gasteiger partial charge on any atom is 0.317 e. The van der Waals surface area contributed by atoms with Crippen molar-refractivity contribution in [1.29, 1.82) is 0 Å². The van der Waals surface area contributed by atoms with Crippen LogP contribution in [0.3, 0.4) is 0 Å². The van der Waals surface area contributed by atoms with Gasteiger partial charge in [0.1, 0.15) is 0 Å². The Morgan fingerprint density at radius 2 is 2.11 bits per heavy atom. The molecule has 2 fully saturated rings. The van der Waals surface area contributed by atoms with Crippen molar-refractivity contribution in [3.05, 3.63) is 0 Å². The number of carboxylic acid groups (broad SMARTS) is 1. The molecule has 0 aromatic carbocycles. The highest BCUT2D eigenvalue weighted by molar-refractivity contribution is 5.75. The molecule has 0 aromatic rings. The van der Waals surface area contributed by atoms with Crippen molar-refractivity contribution in [3.63, 3.8) is 0 Å². The molecule has 0 aromatic heterocycles. The molecule has 1 aliphatic carbocycles. The fourth-order valence-electron chi connectivity index (χ4n) is 2.71. The quantitative estimate of drug-likeness (QED) is 0.679. The van der Waals surface area contributed by atoms with Crippen LogP contribution in [0, 0.1) is 5.41 Å². The zero-order chi connectivity index (χ0) is 13.2. The number of urea groups is 1. The van der Waals surface area contributed by atoms with E-state index in [1.807, 2.05) is 0 Å². The molecule has 1 atom stereocenters. The molecular formula is C12H20N2O4. The van der Waals surface area contributed by atoms with Gasteiger partial charge in [-0.3, -0.25) is 4.79 Å². The standard InChI is InChI=1S/C12H20N2O4/c15-9-2-5-14(7-9)11(18)13-8-12(3-1-4-12)6-10(16)17/h9,15H,1-8H2,(H,13,18)(H,16,17). The van der Waals surface area contributed by atoms with Crippen molar-refractivity contribution in [2.45, 2.75) is 38.2 Å². The number of nitrogens with zero attached hydrogens (tertiary/aromatic N) is 1. The number of β-amino-alcohol motifs (C(OH)–C–C–N with tert-alkyl or cyclic N) is 1. The lowest BCUT2D eigenvalue weighted by molar-refractivity contribution is -0.141. The van der Waals surface area contributed by atoms with Crippen LogP contribution in [-0.4, -0.2) is 52.9 Å². The summed E-state index contributed by atoms with van der Waals surface area (Å²) >= 11 is 0. The number of carbonyl (C=O) groups excluding carboxylic acids is 1. The minimum Gasteiger partial charge on any atom is -0.481 e. The predicted molar refractivity (Wildman–Crippen MR) is 64.1 cm³/mol. The van der Waals surface area contributed by atoms with Crippen molar-refractivity contribution in [1.82, 2.24) is 10.2 Å². The van der Waals surface area contributed by atoms with Gasteiger partial charge in [0.05, 0.1) is 12.5 Å². The van der Waals surface area contributed by atoms with E-state index in [2.05, 4.69) is 5.32 Å². The van der Waals surface area contributed by atoms with Gasteiger partial charge < -0.3 is 20.4 Å². The Hall–Kier alpha value is -1.30. The van der Waals surface area contributed by atoms with E-state index in [1.165, 1.54) is 0 Å². The van der Waals surface area contributed by atoms with Gasteiger partial charge in [-0.15, -0.1) is 0 Å². The Balaban J connectivity index is 1.79. The van der Waals surface area contributed by atoms with Gasteiger partial charge in [-0.05, 0) is 24.7 Å². The molecule has 3 N–H and O–H groups in total. The number of aliphatic hydroxyl groups excluding tert-OH is 1. The molecule has 1 unspecified atom stereocenters. The molecular weight excluding hydrogens is 236 g/mol. The first kappa shape index (κ1) is 13.1. The third kappa shape index (κ3) is 2.93. The minimum absolute atomic E-state index is 0.121. The highest BCUT2D eigenvalue weighted by Gasteiger charge is 2.39. The normalized spacial score (nSPS) is 25.6. The van der Waals surface area contributed by atoms with Crippen LogP contribution < -0.4 is 5.32 Å². The lowest BCUT2D eigenvalue weighted by atomic mass is 9.66. The van der Waals surface area contributed by atoms with Crippen LogP contribution in [-0.2, 0) is 4.79 Å². The van der Waals surface area contributed by atoms with Crippen LogP contribution in [0.25, 0.3) is 0 Å². The maximum absolute atomic E-state index is 11.8. The predicted octanol–water partition coefficient (Wildman–Crippen LogP) is 0.408. The van der Waals surface area contributed by atoms with Crippen LogP contribution in [0.2, 0.25) is 0 Å². The number of likely N-dealkylation sites (tertiary alicyclic amines) is 1. The zero-order valence-corrected chi connectivity index (χ0v) is 10.4. The summed E-state index contributed by atoms with van der Waals surface area (Å²) in [7, 11) is 0. The van der Waals surface area contributed by atoms with Crippen LogP contribution >= 0.6 is 0 Å². The lowest BCUT2D eigenvalue weighted by Gasteiger charge is -2.41. The Kier molecular flexibility index (Phi) is 3.75. The Bertz CT molecular complexity index is 341. The number of carboxylic acids is 1. The van der Waals surface area contributed by atoms with Crippen LogP contribution in [0.5, 0.6) is 0 Å². The van der Waals surface area contributed by atoms with E-state index < -0.39 is 12.1 Å². The largest absolute Gasteiger partial charge is 0.481 e. The fourth-order valence-corrected chi connectivity index (χ4v) is 2.71. The number of carbonyl (C=O) groups is 2. The SMILES string of the molecule is O=C(O)CC1(CNC(=O)N2CCC(O)C2)CCC1. The average molecular weight is 256 g/mol. The molecule has 18 heavy (non-hydrogen) atoms. The molecule has 2 rings (SSSR count). The van der Waals surface area contributed by atoms with Crippen LogP contribution in [0.4, 0.5) is 4.79 Å². The number of nitrogens with one attached hydrogen (secondary N) is 1. The molecule has 6 heteroatoms. The van der Waals surface area contributed by atoms with E-state index in [-0.39, 0.29) is 17.9 Å². The van der Waals surface area contributed by atoms with E-state index in [9.17, 15) is 14.7 Å². The highest BCUT2D eigenvalue weighted by atomic mass is 16.4. The van der Waals surface area contributed by atoms with Crippen molar-refractivity contribution >= 4 is 12.0 Å². The molecule has 1 saturated carbocycles. The van der Waals surface area contributed by atoms with E-state index in [0.29, 0.717) is 26.1 Å². The summed E-state index contributed by atoms with van der Waals surface area (Å²) in [5, 5.41) is 21.0. The molecule has 1 aliphatic heterocycles. The summed E-state index contributed by atoms with van der Waals surface area (Å²) in [5.41, 5.74) is -0.250. The fraction of sp³-hybridized carbons (Fsp3) is 0.833. The van der Waals surface area contributed by atoms with Gasteiger partial charge in [-0.2, -0.15) is 0 Å². The van der Waals surface area contributed by atoms with Crippen molar-refractivity contribution in [3.8, 4) is 0 Å². The first-order valence-electron chi connectivity index (χ1n) is 6.43. The van der Waals surface area contributed by atoms with Gasteiger partial charge in [-0.1, -0.05) is 6.42 Å². The summed E-state index contributed by atoms with van der Waals surface area (Å²) in [6.07, 6.45) is 3.08. The Morgan fingerprint density at radius 3 is 2.56 bits per heavy atom. The van der Waals surface area contributed by atoms with E-state index in [0.717, 1.165) is 19.3 Å². The van der Waals surface area contributed by atoms with Gasteiger partial charge in [0.15, 0.2) is 0 Å². The number of hydrogen-bond acceptors (Lipinski definition) is 3. The molecule has 1 saturated heterocycles. The number of rotatable bonds is 4. The summed E-state index contributed by atoms with van der Waals surface area (Å²) in [6, 6.07) is -0.191. The smallest absolute Gasteiger partial charge is 0.317 e. The van der Waals surface area contributed by atoms with E-state index >= 15 is 0 Å². The van der Waals surface area contributed by atoms with E-state index in [4.69, 9.17) is 5.11 Å².